The lowest BCUT2D eigenvalue weighted by Crippen LogP contribution is -2.33. The first-order valence-corrected chi connectivity index (χ1v) is 12.8. The van der Waals surface area contributed by atoms with Crippen molar-refractivity contribution < 1.29 is 9.59 Å². The van der Waals surface area contributed by atoms with E-state index in [1.165, 1.54) is 0 Å². The largest absolute Gasteiger partial charge is 0.285 e. The first kappa shape index (κ1) is 21.5. The number of benzene rings is 4. The van der Waals surface area contributed by atoms with Crippen LogP contribution in [0.5, 0.6) is 0 Å². The zero-order chi connectivity index (χ0) is 21.7. The summed E-state index contributed by atoms with van der Waals surface area (Å²) in [4.78, 5) is 26.8. The van der Waals surface area contributed by atoms with Crippen LogP contribution in [0.25, 0.3) is 0 Å². The standard InChI is InChI=1S/C27H20IO2P/c28-27(26(30)25(29)21-13-5-1-6-14-21)31(22-15-7-2-8-16-22,23-17-9-3-10-18-23)24-19-11-4-12-20-24/h1-20H. The number of hydrogen-bond donors (Lipinski definition) is 0. The van der Waals surface area contributed by atoms with Gasteiger partial charge in [0.25, 0.3) is 0 Å². The minimum absolute atomic E-state index is 0.411. The van der Waals surface area contributed by atoms with Crippen LogP contribution < -0.4 is 15.9 Å². The Labute approximate surface area is 196 Å². The van der Waals surface area contributed by atoms with Crippen LogP contribution >= 0.6 is 29.5 Å². The number of carbonyl (C=O) groups excluding carboxylic acids is 2. The van der Waals surface area contributed by atoms with Gasteiger partial charge in [0, 0.05) is 5.56 Å². The molecule has 0 saturated heterocycles. The van der Waals surface area contributed by atoms with E-state index in [0.717, 1.165) is 15.9 Å². The maximum Gasteiger partial charge on any atom is 0.240 e. The Morgan fingerprint density at radius 1 is 0.516 bits per heavy atom. The summed E-state index contributed by atoms with van der Waals surface area (Å²) >= 11 is 2.13. The molecule has 0 heterocycles. The van der Waals surface area contributed by atoms with Crippen LogP contribution in [0.4, 0.5) is 0 Å². The molecule has 4 heteroatoms. The van der Waals surface area contributed by atoms with Crippen molar-refractivity contribution in [2.45, 2.75) is 0 Å². The third-order valence-corrected chi connectivity index (χ3v) is 11.8. The molecule has 0 aromatic heterocycles. The van der Waals surface area contributed by atoms with E-state index in [2.05, 4.69) is 59.0 Å². The van der Waals surface area contributed by atoms with Gasteiger partial charge >= 0.3 is 0 Å². The molecule has 0 saturated carbocycles. The summed E-state index contributed by atoms with van der Waals surface area (Å²) in [6, 6.07) is 39.0. The fraction of sp³-hybridized carbons (Fsp3) is 0. The van der Waals surface area contributed by atoms with Gasteiger partial charge in [0.2, 0.25) is 11.6 Å². The highest BCUT2D eigenvalue weighted by molar-refractivity contribution is 14.1. The average Bonchev–Trinajstić information content (AvgIpc) is 2.86. The first-order valence-electron chi connectivity index (χ1n) is 9.88. The number of rotatable bonds is 6. The Hall–Kier alpha value is -2.75. The zero-order valence-electron chi connectivity index (χ0n) is 16.7. The van der Waals surface area contributed by atoms with E-state index in [1.54, 1.807) is 24.3 Å². The van der Waals surface area contributed by atoms with E-state index in [0.29, 0.717) is 8.86 Å². The molecule has 4 rings (SSSR count). The normalized spacial score (nSPS) is 11.0. The summed E-state index contributed by atoms with van der Waals surface area (Å²) in [5, 5.41) is 3.14. The van der Waals surface area contributed by atoms with E-state index >= 15 is 0 Å². The molecule has 2 nitrogen and oxygen atoms in total. The molecule has 0 aliphatic rings. The van der Waals surface area contributed by atoms with Gasteiger partial charge < -0.3 is 0 Å². The minimum atomic E-state index is -2.54. The summed E-state index contributed by atoms with van der Waals surface area (Å²) in [5.41, 5.74) is 0.411. The van der Waals surface area contributed by atoms with Crippen molar-refractivity contribution in [2.75, 3.05) is 0 Å². The fourth-order valence-electron chi connectivity index (χ4n) is 3.71. The fourth-order valence-corrected chi connectivity index (χ4v) is 10.3. The number of Topliss-reactive ketones (excluding diaryl/α,β-unsaturated/α-hetero) is 2. The highest BCUT2D eigenvalue weighted by Gasteiger charge is 2.34. The molecule has 0 aliphatic carbocycles. The molecule has 0 radical (unpaired) electrons. The highest BCUT2D eigenvalue weighted by Crippen LogP contribution is 2.48. The maximum atomic E-state index is 13.6. The van der Waals surface area contributed by atoms with Crippen molar-refractivity contribution in [2.24, 2.45) is 0 Å². The molecule has 0 bridgehead atoms. The number of ketones is 2. The van der Waals surface area contributed by atoms with Gasteiger partial charge in [-0.1, -0.05) is 121 Å². The summed E-state index contributed by atoms with van der Waals surface area (Å²) in [5.74, 6) is -0.922. The smallest absolute Gasteiger partial charge is 0.240 e. The zero-order valence-corrected chi connectivity index (χ0v) is 19.7. The SMILES string of the molecule is O=C(C(=O)c1ccccc1)C(I)=P(c1ccccc1)(c1ccccc1)c1ccccc1. The second kappa shape index (κ2) is 9.59. The van der Waals surface area contributed by atoms with Crippen LogP contribution in [0, 0.1) is 0 Å². The summed E-state index contributed by atoms with van der Waals surface area (Å²) in [6.07, 6.45) is 0. The second-order valence-corrected chi connectivity index (χ2v) is 12.3. The van der Waals surface area contributed by atoms with Gasteiger partial charge in [0.1, 0.15) is 0 Å². The van der Waals surface area contributed by atoms with Gasteiger partial charge in [-0.05, 0) is 45.4 Å². The Morgan fingerprint density at radius 3 is 1.19 bits per heavy atom. The van der Waals surface area contributed by atoms with E-state index in [9.17, 15) is 9.59 Å². The Kier molecular flexibility index (Phi) is 6.64. The van der Waals surface area contributed by atoms with Crippen LogP contribution in [0.15, 0.2) is 121 Å². The lowest BCUT2D eigenvalue weighted by Gasteiger charge is -2.30. The van der Waals surface area contributed by atoms with E-state index < -0.39 is 18.5 Å². The van der Waals surface area contributed by atoms with Crippen molar-refractivity contribution in [1.29, 1.82) is 0 Å². The summed E-state index contributed by atoms with van der Waals surface area (Å²) < 4.78 is 0.558. The molecule has 0 N–H and O–H groups in total. The van der Waals surface area contributed by atoms with Crippen LogP contribution in [-0.2, 0) is 4.79 Å². The maximum absolute atomic E-state index is 13.6. The Morgan fingerprint density at radius 2 is 0.839 bits per heavy atom. The van der Waals surface area contributed by atoms with Crippen LogP contribution in [0.1, 0.15) is 10.4 Å². The summed E-state index contributed by atoms with van der Waals surface area (Å²) in [6.45, 7) is -2.54. The summed E-state index contributed by atoms with van der Waals surface area (Å²) in [7, 11) is 0. The molecule has 0 amide bonds. The first-order chi connectivity index (χ1) is 15.2. The van der Waals surface area contributed by atoms with Crippen LogP contribution in [0.2, 0.25) is 0 Å². The molecule has 0 aliphatic heterocycles. The van der Waals surface area contributed by atoms with E-state index in [1.807, 2.05) is 60.7 Å². The van der Waals surface area contributed by atoms with Gasteiger partial charge in [-0.15, -0.1) is 0 Å². The lowest BCUT2D eigenvalue weighted by atomic mass is 10.1. The molecule has 31 heavy (non-hydrogen) atoms. The van der Waals surface area contributed by atoms with Crippen LogP contribution in [0.3, 0.4) is 0 Å². The number of carbonyl (C=O) groups is 2. The highest BCUT2D eigenvalue weighted by atomic mass is 127. The van der Waals surface area contributed by atoms with Crippen molar-refractivity contribution in [3.63, 3.8) is 0 Å². The van der Waals surface area contributed by atoms with E-state index in [-0.39, 0.29) is 0 Å². The molecular weight excluding hydrogens is 514 g/mol. The molecule has 0 fully saturated rings. The van der Waals surface area contributed by atoms with Crippen molar-refractivity contribution in [3.8, 4) is 0 Å². The lowest BCUT2D eigenvalue weighted by molar-refractivity contribution is -0.109. The molecule has 0 atom stereocenters. The monoisotopic (exact) mass is 534 g/mol. The van der Waals surface area contributed by atoms with Gasteiger partial charge in [-0.3, -0.25) is 9.59 Å². The Balaban J connectivity index is 2.09. The predicted octanol–water partition coefficient (Wildman–Crippen LogP) is 5.00. The molecule has 152 valence electrons. The van der Waals surface area contributed by atoms with Crippen LogP contribution in [-0.4, -0.2) is 14.9 Å². The Bertz CT molecular complexity index is 1150. The van der Waals surface area contributed by atoms with Gasteiger partial charge in [0.05, 0.1) is 3.30 Å². The molecule has 0 unspecified atom stereocenters. The van der Waals surface area contributed by atoms with Gasteiger partial charge in [-0.2, -0.15) is 0 Å². The van der Waals surface area contributed by atoms with E-state index in [4.69, 9.17) is 0 Å². The molecule has 4 aromatic rings. The van der Waals surface area contributed by atoms with Gasteiger partial charge in [-0.25, -0.2) is 0 Å². The topological polar surface area (TPSA) is 34.1 Å². The van der Waals surface area contributed by atoms with Crippen molar-refractivity contribution in [1.82, 2.24) is 0 Å². The minimum Gasteiger partial charge on any atom is -0.285 e. The van der Waals surface area contributed by atoms with Crippen molar-refractivity contribution >= 4 is 60.3 Å². The van der Waals surface area contributed by atoms with Crippen molar-refractivity contribution in [3.05, 3.63) is 127 Å². The second-order valence-electron chi connectivity index (χ2n) is 6.99. The number of hydrogen-bond acceptors (Lipinski definition) is 2. The van der Waals surface area contributed by atoms with Gasteiger partial charge in [0.15, 0.2) is 0 Å². The number of halogens is 1. The quantitative estimate of drug-likeness (QED) is 0.151. The third-order valence-electron chi connectivity index (χ3n) is 5.15. The average molecular weight is 534 g/mol. The molecule has 4 aromatic carbocycles. The third kappa shape index (κ3) is 4.08. The molecular formula is C27H20IO2P. The predicted molar refractivity (Wildman–Crippen MR) is 140 cm³/mol. The molecule has 0 spiro atoms.